The van der Waals surface area contributed by atoms with Gasteiger partial charge < -0.3 is 10.4 Å². The van der Waals surface area contributed by atoms with Crippen LogP contribution in [0.3, 0.4) is 0 Å². The second-order valence-electron chi connectivity index (χ2n) is 4.30. The van der Waals surface area contributed by atoms with Gasteiger partial charge >= 0.3 is 6.03 Å². The van der Waals surface area contributed by atoms with Crippen LogP contribution >= 0.6 is 22.7 Å². The SMILES string of the molecule is CCCc1csc(NC(=O)NC[C@@H](O)c2ccsc2)n1. The van der Waals surface area contributed by atoms with Crippen LogP contribution in [0.2, 0.25) is 0 Å². The molecule has 2 aromatic rings. The Hall–Kier alpha value is -1.44. The number of urea groups is 1. The number of aromatic nitrogens is 1. The van der Waals surface area contributed by atoms with Gasteiger partial charge in [-0.1, -0.05) is 13.3 Å². The van der Waals surface area contributed by atoms with E-state index in [4.69, 9.17) is 0 Å². The van der Waals surface area contributed by atoms with Crippen LogP contribution in [0.15, 0.2) is 22.2 Å². The number of nitrogens with zero attached hydrogens (tertiary/aromatic N) is 1. The topological polar surface area (TPSA) is 74.2 Å². The highest BCUT2D eigenvalue weighted by atomic mass is 32.1. The summed E-state index contributed by atoms with van der Waals surface area (Å²) in [6, 6.07) is 1.49. The zero-order valence-corrected chi connectivity index (χ0v) is 12.8. The van der Waals surface area contributed by atoms with Crippen molar-refractivity contribution in [2.45, 2.75) is 25.9 Å². The first-order valence-corrected chi connectivity index (χ1v) is 8.20. The van der Waals surface area contributed by atoms with Gasteiger partial charge in [0.25, 0.3) is 0 Å². The number of aliphatic hydroxyl groups excluding tert-OH is 1. The summed E-state index contributed by atoms with van der Waals surface area (Å²) in [5.41, 5.74) is 1.81. The maximum atomic E-state index is 11.7. The Bertz CT molecular complexity index is 540. The zero-order valence-electron chi connectivity index (χ0n) is 11.1. The maximum absolute atomic E-state index is 11.7. The van der Waals surface area contributed by atoms with E-state index >= 15 is 0 Å². The molecule has 0 aromatic carbocycles. The van der Waals surface area contributed by atoms with E-state index in [0.717, 1.165) is 24.1 Å². The zero-order chi connectivity index (χ0) is 14.4. The van der Waals surface area contributed by atoms with Crippen molar-refractivity contribution in [3.05, 3.63) is 33.5 Å². The fourth-order valence-electron chi connectivity index (χ4n) is 1.65. The summed E-state index contributed by atoms with van der Waals surface area (Å²) in [7, 11) is 0. The van der Waals surface area contributed by atoms with Crippen molar-refractivity contribution in [1.29, 1.82) is 0 Å². The summed E-state index contributed by atoms with van der Waals surface area (Å²) >= 11 is 2.92. The van der Waals surface area contributed by atoms with Gasteiger partial charge in [0.15, 0.2) is 5.13 Å². The van der Waals surface area contributed by atoms with Crippen LogP contribution in [-0.2, 0) is 6.42 Å². The van der Waals surface area contributed by atoms with Crippen molar-refractivity contribution in [3.63, 3.8) is 0 Å². The fraction of sp³-hybridized carbons (Fsp3) is 0.385. The molecule has 0 unspecified atom stereocenters. The van der Waals surface area contributed by atoms with E-state index in [9.17, 15) is 9.90 Å². The Morgan fingerprint density at radius 3 is 3.05 bits per heavy atom. The molecule has 1 atom stereocenters. The molecule has 20 heavy (non-hydrogen) atoms. The first kappa shape index (κ1) is 15.0. The Morgan fingerprint density at radius 2 is 2.35 bits per heavy atom. The summed E-state index contributed by atoms with van der Waals surface area (Å²) in [4.78, 5) is 16.0. The Labute approximate surface area is 125 Å². The largest absolute Gasteiger partial charge is 0.387 e. The van der Waals surface area contributed by atoms with Crippen LogP contribution < -0.4 is 10.6 Å². The minimum absolute atomic E-state index is 0.176. The molecule has 2 amide bonds. The predicted octanol–water partition coefficient (Wildman–Crippen LogP) is 3.01. The van der Waals surface area contributed by atoms with Gasteiger partial charge in [-0.15, -0.1) is 11.3 Å². The summed E-state index contributed by atoms with van der Waals surface area (Å²) in [6.45, 7) is 2.26. The quantitative estimate of drug-likeness (QED) is 0.767. The molecule has 0 radical (unpaired) electrons. The number of thiazole rings is 1. The Kier molecular flexibility index (Phi) is 5.51. The number of anilines is 1. The van der Waals surface area contributed by atoms with Crippen molar-refractivity contribution in [3.8, 4) is 0 Å². The molecule has 0 aliphatic carbocycles. The molecule has 7 heteroatoms. The third-order valence-corrected chi connectivity index (χ3v) is 4.17. The van der Waals surface area contributed by atoms with Crippen molar-refractivity contribution in [2.24, 2.45) is 0 Å². The average molecular weight is 311 g/mol. The fourth-order valence-corrected chi connectivity index (χ4v) is 3.10. The van der Waals surface area contributed by atoms with Crippen molar-refractivity contribution < 1.29 is 9.90 Å². The highest BCUT2D eigenvalue weighted by molar-refractivity contribution is 7.13. The lowest BCUT2D eigenvalue weighted by molar-refractivity contribution is 0.175. The normalized spacial score (nSPS) is 12.1. The van der Waals surface area contributed by atoms with E-state index in [1.165, 1.54) is 22.7 Å². The van der Waals surface area contributed by atoms with Gasteiger partial charge in [0.2, 0.25) is 0 Å². The first-order valence-electron chi connectivity index (χ1n) is 6.38. The van der Waals surface area contributed by atoms with Gasteiger partial charge in [0.1, 0.15) is 0 Å². The van der Waals surface area contributed by atoms with Gasteiger partial charge in [-0.05, 0) is 28.8 Å². The Balaban J connectivity index is 1.77. The molecule has 2 heterocycles. The second-order valence-corrected chi connectivity index (χ2v) is 5.94. The lowest BCUT2D eigenvalue weighted by Gasteiger charge is -2.10. The number of aliphatic hydroxyl groups is 1. The van der Waals surface area contributed by atoms with Crippen LogP contribution in [-0.4, -0.2) is 22.7 Å². The molecule has 0 spiro atoms. The average Bonchev–Trinajstić information content (AvgIpc) is 3.08. The third-order valence-electron chi connectivity index (χ3n) is 2.66. The predicted molar refractivity (Wildman–Crippen MR) is 82.4 cm³/mol. The number of amides is 2. The molecule has 0 aliphatic heterocycles. The van der Waals surface area contributed by atoms with Crippen LogP contribution in [0.25, 0.3) is 0 Å². The summed E-state index contributed by atoms with van der Waals surface area (Å²) in [5.74, 6) is 0. The molecule has 0 fully saturated rings. The number of aryl methyl sites for hydroxylation is 1. The second kappa shape index (κ2) is 7.37. The molecule has 0 saturated carbocycles. The van der Waals surface area contributed by atoms with E-state index < -0.39 is 6.10 Å². The standard InChI is InChI=1S/C13H17N3O2S2/c1-2-3-10-8-20-13(15-10)16-12(18)14-6-11(17)9-4-5-19-7-9/h4-5,7-8,11,17H,2-3,6H2,1H3,(H2,14,15,16,18)/t11-/m1/s1. The van der Waals surface area contributed by atoms with E-state index in [2.05, 4.69) is 22.5 Å². The minimum atomic E-state index is -0.682. The van der Waals surface area contributed by atoms with Crippen LogP contribution in [0.4, 0.5) is 9.93 Å². The van der Waals surface area contributed by atoms with Gasteiger partial charge in [0, 0.05) is 11.9 Å². The van der Waals surface area contributed by atoms with Crippen molar-refractivity contribution in [2.75, 3.05) is 11.9 Å². The number of thiophene rings is 1. The Morgan fingerprint density at radius 1 is 1.50 bits per heavy atom. The molecule has 2 aromatic heterocycles. The molecule has 108 valence electrons. The highest BCUT2D eigenvalue weighted by Crippen LogP contribution is 2.17. The summed E-state index contributed by atoms with van der Waals surface area (Å²) in [6.07, 6.45) is 1.26. The van der Waals surface area contributed by atoms with Crippen molar-refractivity contribution in [1.82, 2.24) is 10.3 Å². The molecular formula is C13H17N3O2S2. The number of hydrogen-bond donors (Lipinski definition) is 3. The number of rotatable bonds is 6. The van der Waals surface area contributed by atoms with Gasteiger partial charge in [-0.2, -0.15) is 11.3 Å². The van der Waals surface area contributed by atoms with Gasteiger partial charge in [0.05, 0.1) is 11.8 Å². The number of carbonyl (C=O) groups excluding carboxylic acids is 1. The molecule has 0 aliphatic rings. The third kappa shape index (κ3) is 4.29. The van der Waals surface area contributed by atoms with E-state index in [1.807, 2.05) is 22.2 Å². The summed E-state index contributed by atoms with van der Waals surface area (Å²) < 4.78 is 0. The maximum Gasteiger partial charge on any atom is 0.321 e. The lowest BCUT2D eigenvalue weighted by Crippen LogP contribution is -2.32. The molecular weight excluding hydrogens is 294 g/mol. The number of hydrogen-bond acceptors (Lipinski definition) is 5. The van der Waals surface area contributed by atoms with E-state index in [0.29, 0.717) is 5.13 Å². The van der Waals surface area contributed by atoms with Crippen molar-refractivity contribution >= 4 is 33.8 Å². The molecule has 0 saturated heterocycles. The van der Waals surface area contributed by atoms with E-state index in [-0.39, 0.29) is 12.6 Å². The lowest BCUT2D eigenvalue weighted by atomic mass is 10.2. The summed E-state index contributed by atoms with van der Waals surface area (Å²) in [5, 5.41) is 21.4. The molecule has 0 bridgehead atoms. The van der Waals surface area contributed by atoms with Crippen LogP contribution in [0.5, 0.6) is 0 Å². The molecule has 3 N–H and O–H groups in total. The monoisotopic (exact) mass is 311 g/mol. The first-order chi connectivity index (χ1) is 9.69. The minimum Gasteiger partial charge on any atom is -0.387 e. The smallest absolute Gasteiger partial charge is 0.321 e. The van der Waals surface area contributed by atoms with E-state index in [1.54, 1.807) is 0 Å². The van der Waals surface area contributed by atoms with Crippen LogP contribution in [0.1, 0.15) is 30.7 Å². The molecule has 5 nitrogen and oxygen atoms in total. The van der Waals surface area contributed by atoms with Gasteiger partial charge in [-0.3, -0.25) is 5.32 Å². The number of carbonyl (C=O) groups is 1. The van der Waals surface area contributed by atoms with Gasteiger partial charge in [-0.25, -0.2) is 9.78 Å². The molecule has 2 rings (SSSR count). The van der Waals surface area contributed by atoms with Crippen LogP contribution in [0, 0.1) is 0 Å². The highest BCUT2D eigenvalue weighted by Gasteiger charge is 2.11. The number of nitrogens with one attached hydrogen (secondary N) is 2.